The van der Waals surface area contributed by atoms with E-state index in [1.54, 1.807) is 19.9 Å². The predicted molar refractivity (Wildman–Crippen MR) is 97.1 cm³/mol. The van der Waals surface area contributed by atoms with Crippen LogP contribution < -0.4 is 0 Å². The molecule has 0 radical (unpaired) electrons. The van der Waals surface area contributed by atoms with E-state index in [4.69, 9.17) is 16.3 Å². The van der Waals surface area contributed by atoms with Gasteiger partial charge in [-0.3, -0.25) is 0 Å². The quantitative estimate of drug-likeness (QED) is 0.663. The van der Waals surface area contributed by atoms with Gasteiger partial charge in [0.15, 0.2) is 0 Å². The van der Waals surface area contributed by atoms with Crippen LogP contribution >= 0.6 is 11.6 Å². The number of carbonyl (C=O) groups is 1. The van der Waals surface area contributed by atoms with Gasteiger partial charge < -0.3 is 4.74 Å². The summed E-state index contributed by atoms with van der Waals surface area (Å²) in [5.74, 6) is -1.15. The van der Waals surface area contributed by atoms with Crippen molar-refractivity contribution in [2.75, 3.05) is 13.1 Å². The van der Waals surface area contributed by atoms with Crippen LogP contribution in [0.2, 0.25) is 5.02 Å². The van der Waals surface area contributed by atoms with Gasteiger partial charge >= 0.3 is 5.97 Å². The predicted octanol–water partition coefficient (Wildman–Crippen LogP) is 3.87. The minimum atomic E-state index is -3.82. The summed E-state index contributed by atoms with van der Waals surface area (Å²) >= 11 is 6.03. The molecule has 0 unspecified atom stereocenters. The molecule has 0 aliphatic heterocycles. The summed E-state index contributed by atoms with van der Waals surface area (Å²) in [6, 6.07) is 9.60. The third-order valence-corrected chi connectivity index (χ3v) is 6.28. The van der Waals surface area contributed by atoms with Gasteiger partial charge in [-0.1, -0.05) is 37.6 Å². The third kappa shape index (κ3) is 4.60. The third-order valence-electron chi connectivity index (χ3n) is 3.75. The second kappa shape index (κ2) is 8.62. The van der Waals surface area contributed by atoms with Crippen LogP contribution in [0.25, 0.3) is 0 Å². The summed E-state index contributed by atoms with van der Waals surface area (Å²) in [4.78, 5) is 12.1. The topological polar surface area (TPSA) is 63.7 Å². The normalized spacial score (nSPS) is 11.6. The Balaban J connectivity index is 2.24. The average Bonchev–Trinajstić information content (AvgIpc) is 2.60. The Kier molecular flexibility index (Phi) is 6.75. The molecule has 26 heavy (non-hydrogen) atoms. The molecule has 0 atom stereocenters. The molecule has 5 nitrogen and oxygen atoms in total. The molecule has 0 bridgehead atoms. The van der Waals surface area contributed by atoms with Crippen LogP contribution in [-0.4, -0.2) is 31.8 Å². The lowest BCUT2D eigenvalue weighted by Crippen LogP contribution is -2.31. The van der Waals surface area contributed by atoms with Gasteiger partial charge in [-0.25, -0.2) is 17.6 Å². The highest BCUT2D eigenvalue weighted by Crippen LogP contribution is 2.26. The fraction of sp³-hybridized carbons (Fsp3) is 0.278. The lowest BCUT2D eigenvalue weighted by atomic mass is 10.2. The second-order valence-corrected chi connectivity index (χ2v) is 7.75. The number of esters is 1. The molecule has 0 heterocycles. The summed E-state index contributed by atoms with van der Waals surface area (Å²) in [6.45, 7) is 3.86. The first-order valence-electron chi connectivity index (χ1n) is 8.00. The Labute approximate surface area is 157 Å². The Morgan fingerprint density at radius 1 is 1.15 bits per heavy atom. The van der Waals surface area contributed by atoms with E-state index in [9.17, 15) is 17.6 Å². The highest BCUT2D eigenvalue weighted by Gasteiger charge is 2.25. The number of benzene rings is 2. The van der Waals surface area contributed by atoms with Crippen LogP contribution in [0, 0.1) is 5.82 Å². The molecular weight excluding hydrogens is 381 g/mol. The summed E-state index contributed by atoms with van der Waals surface area (Å²) < 4.78 is 44.8. The van der Waals surface area contributed by atoms with Crippen molar-refractivity contribution in [2.24, 2.45) is 0 Å². The van der Waals surface area contributed by atoms with Crippen LogP contribution in [0.15, 0.2) is 47.4 Å². The molecule has 0 N–H and O–H groups in total. The second-order valence-electron chi connectivity index (χ2n) is 5.44. The number of hydrogen-bond donors (Lipinski definition) is 0. The fourth-order valence-corrected chi connectivity index (χ4v) is 4.35. The maximum atomic E-state index is 13.2. The van der Waals surface area contributed by atoms with Crippen molar-refractivity contribution < 1.29 is 22.3 Å². The smallest absolute Gasteiger partial charge is 0.338 e. The van der Waals surface area contributed by atoms with Crippen LogP contribution in [0.4, 0.5) is 4.39 Å². The Morgan fingerprint density at radius 3 is 2.46 bits per heavy atom. The lowest BCUT2D eigenvalue weighted by molar-refractivity contribution is 0.0472. The Bertz CT molecular complexity index is 898. The molecule has 0 saturated heterocycles. The number of carbonyl (C=O) groups excluding carboxylic acids is 1. The average molecular weight is 400 g/mol. The highest BCUT2D eigenvalue weighted by atomic mass is 35.5. The number of halogens is 2. The highest BCUT2D eigenvalue weighted by molar-refractivity contribution is 7.89. The fourth-order valence-electron chi connectivity index (χ4n) is 2.39. The minimum absolute atomic E-state index is 0.0265. The van der Waals surface area contributed by atoms with Gasteiger partial charge in [0.05, 0.1) is 10.6 Å². The van der Waals surface area contributed by atoms with Gasteiger partial charge in [-0.2, -0.15) is 4.31 Å². The molecule has 0 spiro atoms. The van der Waals surface area contributed by atoms with Crippen LogP contribution in [0.3, 0.4) is 0 Å². The molecular formula is C18H19ClFNO4S. The summed E-state index contributed by atoms with van der Waals surface area (Å²) in [7, 11) is -3.82. The van der Waals surface area contributed by atoms with E-state index in [0.29, 0.717) is 5.56 Å². The standard InChI is InChI=1S/C18H19ClFNO4S/c1-3-21(4-2)26(23,24)17-11-14(8-9-16(17)19)18(22)25-12-13-6-5-7-15(20)10-13/h5-11H,3-4,12H2,1-2H3. The van der Waals surface area contributed by atoms with Gasteiger partial charge in [0.1, 0.15) is 17.3 Å². The molecule has 0 amide bonds. The maximum absolute atomic E-state index is 13.2. The van der Waals surface area contributed by atoms with Gasteiger partial charge in [-0.15, -0.1) is 0 Å². The molecule has 0 aliphatic rings. The van der Waals surface area contributed by atoms with Gasteiger partial charge in [0, 0.05) is 13.1 Å². The first-order chi connectivity index (χ1) is 12.3. The molecule has 8 heteroatoms. The first-order valence-corrected chi connectivity index (χ1v) is 9.82. The van der Waals surface area contributed by atoms with E-state index in [-0.39, 0.29) is 35.2 Å². The molecule has 0 saturated carbocycles. The molecule has 2 aromatic rings. The van der Waals surface area contributed by atoms with Crippen molar-refractivity contribution in [3.63, 3.8) is 0 Å². The zero-order chi connectivity index (χ0) is 19.3. The van der Waals surface area contributed by atoms with E-state index in [1.165, 1.54) is 40.7 Å². The number of sulfonamides is 1. The van der Waals surface area contributed by atoms with Gasteiger partial charge in [0.25, 0.3) is 0 Å². The van der Waals surface area contributed by atoms with Crippen molar-refractivity contribution in [3.05, 3.63) is 64.4 Å². The summed E-state index contributed by atoms with van der Waals surface area (Å²) in [6.07, 6.45) is 0. The van der Waals surface area contributed by atoms with Crippen molar-refractivity contribution in [1.29, 1.82) is 0 Å². The zero-order valence-corrected chi connectivity index (χ0v) is 16.0. The van der Waals surface area contributed by atoms with E-state index in [1.807, 2.05) is 0 Å². The molecule has 2 aromatic carbocycles. The molecule has 2 rings (SSSR count). The van der Waals surface area contributed by atoms with Crippen molar-refractivity contribution in [2.45, 2.75) is 25.3 Å². The summed E-state index contributed by atoms with van der Waals surface area (Å²) in [5, 5.41) is 0.0265. The van der Waals surface area contributed by atoms with E-state index in [0.717, 1.165) is 0 Å². The van der Waals surface area contributed by atoms with E-state index in [2.05, 4.69) is 0 Å². The SMILES string of the molecule is CCN(CC)S(=O)(=O)c1cc(C(=O)OCc2cccc(F)c2)ccc1Cl. The number of ether oxygens (including phenoxy) is 1. The van der Waals surface area contributed by atoms with E-state index < -0.39 is 21.8 Å². The molecule has 0 fully saturated rings. The Hall–Kier alpha value is -1.96. The summed E-state index contributed by atoms with van der Waals surface area (Å²) in [5.41, 5.74) is 0.542. The number of rotatable bonds is 7. The molecule has 0 aliphatic carbocycles. The van der Waals surface area contributed by atoms with Gasteiger partial charge in [0.2, 0.25) is 10.0 Å². The minimum Gasteiger partial charge on any atom is -0.457 e. The monoisotopic (exact) mass is 399 g/mol. The van der Waals surface area contributed by atoms with Crippen molar-refractivity contribution >= 4 is 27.6 Å². The van der Waals surface area contributed by atoms with Crippen molar-refractivity contribution in [1.82, 2.24) is 4.31 Å². The van der Waals surface area contributed by atoms with Crippen molar-refractivity contribution in [3.8, 4) is 0 Å². The maximum Gasteiger partial charge on any atom is 0.338 e. The van der Waals surface area contributed by atoms with E-state index >= 15 is 0 Å². The van der Waals surface area contributed by atoms with Gasteiger partial charge in [-0.05, 0) is 35.9 Å². The molecule has 140 valence electrons. The van der Waals surface area contributed by atoms with Crippen LogP contribution in [-0.2, 0) is 21.4 Å². The Morgan fingerprint density at radius 2 is 1.85 bits per heavy atom. The lowest BCUT2D eigenvalue weighted by Gasteiger charge is -2.19. The molecule has 0 aromatic heterocycles. The largest absolute Gasteiger partial charge is 0.457 e. The number of hydrogen-bond acceptors (Lipinski definition) is 4. The van der Waals surface area contributed by atoms with Crippen LogP contribution in [0.1, 0.15) is 29.8 Å². The number of nitrogens with zero attached hydrogens (tertiary/aromatic N) is 1. The van der Waals surface area contributed by atoms with Crippen LogP contribution in [0.5, 0.6) is 0 Å². The first kappa shape index (κ1) is 20.4. The zero-order valence-electron chi connectivity index (χ0n) is 14.4.